The van der Waals surface area contributed by atoms with Gasteiger partial charge in [0.25, 0.3) is 0 Å². The Bertz CT molecular complexity index is 762. The number of nitrogens with zero attached hydrogens (tertiary/aromatic N) is 1. The van der Waals surface area contributed by atoms with E-state index in [9.17, 15) is 4.79 Å². The summed E-state index contributed by atoms with van der Waals surface area (Å²) in [5.74, 6) is 0. The van der Waals surface area contributed by atoms with Crippen LogP contribution in [0.5, 0.6) is 0 Å². The molecule has 0 radical (unpaired) electrons. The Morgan fingerprint density at radius 2 is 1.89 bits per heavy atom. The second-order valence-corrected chi connectivity index (χ2v) is 4.66. The van der Waals surface area contributed by atoms with E-state index in [1.54, 1.807) is 18.3 Å². The van der Waals surface area contributed by atoms with Crippen LogP contribution >= 0.6 is 11.6 Å². The fraction of sp³-hybridized carbons (Fsp3) is 0. The van der Waals surface area contributed by atoms with Gasteiger partial charge in [-0.05, 0) is 35.4 Å². The maximum absolute atomic E-state index is 11.2. The number of halogens is 1. The third-order valence-electron chi connectivity index (χ3n) is 3.08. The molecule has 0 aliphatic rings. The van der Waals surface area contributed by atoms with Gasteiger partial charge in [0.15, 0.2) is 6.29 Å². The van der Waals surface area contributed by atoms with Gasteiger partial charge in [0.2, 0.25) is 0 Å². The van der Waals surface area contributed by atoms with Crippen LogP contribution in [0.2, 0.25) is 5.02 Å². The molecule has 0 saturated carbocycles. The smallest absolute Gasteiger partial charge is 0.150 e. The van der Waals surface area contributed by atoms with Gasteiger partial charge >= 0.3 is 0 Å². The summed E-state index contributed by atoms with van der Waals surface area (Å²) in [5.41, 5.74) is 3.36. The lowest BCUT2D eigenvalue weighted by molar-refractivity contribution is 0.112. The van der Waals surface area contributed by atoms with Crippen molar-refractivity contribution in [2.75, 3.05) is 0 Å². The molecule has 0 aliphatic heterocycles. The molecule has 0 amide bonds. The van der Waals surface area contributed by atoms with E-state index in [2.05, 4.69) is 4.98 Å². The summed E-state index contributed by atoms with van der Waals surface area (Å²) in [6.07, 6.45) is 2.59. The fourth-order valence-corrected chi connectivity index (χ4v) is 2.40. The first-order valence-corrected chi connectivity index (χ1v) is 6.26. The summed E-state index contributed by atoms with van der Waals surface area (Å²) in [5, 5.41) is 1.58. The Balaban J connectivity index is 2.33. The van der Waals surface area contributed by atoms with E-state index in [1.807, 2.05) is 36.4 Å². The molecule has 0 unspecified atom stereocenters. The number of rotatable bonds is 2. The first-order chi connectivity index (χ1) is 9.29. The number of hydrogen-bond donors (Lipinski definition) is 0. The van der Waals surface area contributed by atoms with Gasteiger partial charge in [0.05, 0.1) is 5.52 Å². The molecule has 0 N–H and O–H groups in total. The van der Waals surface area contributed by atoms with Crippen LogP contribution < -0.4 is 0 Å². The highest BCUT2D eigenvalue weighted by atomic mass is 35.5. The van der Waals surface area contributed by atoms with E-state index in [0.717, 1.165) is 28.3 Å². The zero-order chi connectivity index (χ0) is 13.2. The maximum Gasteiger partial charge on any atom is 0.150 e. The topological polar surface area (TPSA) is 30.0 Å². The van der Waals surface area contributed by atoms with Crippen molar-refractivity contribution >= 4 is 28.8 Å². The molecule has 0 fully saturated rings. The second kappa shape index (κ2) is 4.82. The molecule has 92 valence electrons. The largest absolute Gasteiger partial charge is 0.298 e. The van der Waals surface area contributed by atoms with Crippen molar-refractivity contribution < 1.29 is 4.79 Å². The molecule has 0 saturated heterocycles. The normalized spacial score (nSPS) is 10.6. The third kappa shape index (κ3) is 2.11. The summed E-state index contributed by atoms with van der Waals surface area (Å²) >= 11 is 5.93. The van der Waals surface area contributed by atoms with Crippen LogP contribution in [0.15, 0.2) is 54.7 Å². The quantitative estimate of drug-likeness (QED) is 0.646. The monoisotopic (exact) mass is 267 g/mol. The highest BCUT2D eigenvalue weighted by Gasteiger charge is 2.08. The van der Waals surface area contributed by atoms with Crippen LogP contribution in [0.4, 0.5) is 0 Å². The van der Waals surface area contributed by atoms with Crippen LogP contribution in [-0.2, 0) is 0 Å². The average molecular weight is 268 g/mol. The van der Waals surface area contributed by atoms with E-state index in [-0.39, 0.29) is 0 Å². The zero-order valence-electron chi connectivity index (χ0n) is 10.0. The van der Waals surface area contributed by atoms with Crippen molar-refractivity contribution in [3.05, 3.63) is 65.3 Å². The number of aromatic nitrogens is 1. The molecule has 1 heterocycles. The lowest BCUT2D eigenvalue weighted by Crippen LogP contribution is -1.89. The van der Waals surface area contributed by atoms with Crippen LogP contribution in [-0.4, -0.2) is 11.3 Å². The van der Waals surface area contributed by atoms with Gasteiger partial charge < -0.3 is 0 Å². The minimum absolute atomic E-state index is 0.559. The van der Waals surface area contributed by atoms with Gasteiger partial charge in [-0.2, -0.15) is 0 Å². The first kappa shape index (κ1) is 11.9. The fourth-order valence-electron chi connectivity index (χ4n) is 2.21. The molecule has 0 spiro atoms. The van der Waals surface area contributed by atoms with Gasteiger partial charge in [0, 0.05) is 22.2 Å². The van der Waals surface area contributed by atoms with Gasteiger partial charge in [-0.1, -0.05) is 35.9 Å². The summed E-state index contributed by atoms with van der Waals surface area (Å²) in [4.78, 5) is 15.5. The lowest BCUT2D eigenvalue weighted by Gasteiger charge is -2.09. The van der Waals surface area contributed by atoms with Gasteiger partial charge in [-0.3, -0.25) is 9.78 Å². The number of hydrogen-bond acceptors (Lipinski definition) is 2. The molecule has 3 rings (SSSR count). The molecule has 3 aromatic rings. The molecule has 2 aromatic carbocycles. The summed E-state index contributed by atoms with van der Waals surface area (Å²) in [6, 6.07) is 15.1. The Kier molecular flexibility index (Phi) is 3.02. The summed E-state index contributed by atoms with van der Waals surface area (Å²) in [7, 11) is 0. The highest BCUT2D eigenvalue weighted by Crippen LogP contribution is 2.30. The van der Waals surface area contributed by atoms with Gasteiger partial charge in [-0.15, -0.1) is 0 Å². The molecule has 0 bridgehead atoms. The van der Waals surface area contributed by atoms with Crippen molar-refractivity contribution in [1.29, 1.82) is 0 Å². The van der Waals surface area contributed by atoms with Crippen molar-refractivity contribution in [2.24, 2.45) is 0 Å². The lowest BCUT2D eigenvalue weighted by atomic mass is 9.97. The molecular weight excluding hydrogens is 258 g/mol. The Labute approximate surface area is 115 Å². The molecule has 0 atom stereocenters. The van der Waals surface area contributed by atoms with E-state index >= 15 is 0 Å². The number of fused-ring (bicyclic) bond motifs is 1. The number of benzene rings is 2. The minimum atomic E-state index is 0.559. The molecule has 1 aromatic heterocycles. The number of carbonyl (C=O) groups excluding carboxylic acids is 1. The van der Waals surface area contributed by atoms with E-state index in [0.29, 0.717) is 10.6 Å². The Hall–Kier alpha value is -2.19. The van der Waals surface area contributed by atoms with Crippen molar-refractivity contribution in [3.63, 3.8) is 0 Å². The number of carbonyl (C=O) groups is 1. The van der Waals surface area contributed by atoms with Crippen LogP contribution in [0.25, 0.3) is 22.0 Å². The van der Waals surface area contributed by atoms with Crippen molar-refractivity contribution in [1.82, 2.24) is 4.98 Å². The molecular formula is C16H10ClNO. The molecule has 2 nitrogen and oxygen atoms in total. The van der Waals surface area contributed by atoms with E-state index < -0.39 is 0 Å². The van der Waals surface area contributed by atoms with E-state index in [4.69, 9.17) is 11.6 Å². The van der Waals surface area contributed by atoms with Crippen LogP contribution in [0.3, 0.4) is 0 Å². The Morgan fingerprint density at radius 1 is 1.00 bits per heavy atom. The van der Waals surface area contributed by atoms with Gasteiger partial charge in [0.1, 0.15) is 0 Å². The predicted molar refractivity (Wildman–Crippen MR) is 77.6 cm³/mol. The van der Waals surface area contributed by atoms with Crippen LogP contribution in [0.1, 0.15) is 10.4 Å². The standard InChI is InChI=1S/C16H10ClNO/c17-12-6-7-13(11(9-12)10-19)14-3-1-5-16-15(14)4-2-8-18-16/h1-10H. The molecule has 19 heavy (non-hydrogen) atoms. The maximum atomic E-state index is 11.2. The third-order valence-corrected chi connectivity index (χ3v) is 3.31. The highest BCUT2D eigenvalue weighted by molar-refractivity contribution is 6.31. The Morgan fingerprint density at radius 3 is 2.74 bits per heavy atom. The molecule has 0 aliphatic carbocycles. The zero-order valence-corrected chi connectivity index (χ0v) is 10.8. The van der Waals surface area contributed by atoms with Gasteiger partial charge in [-0.25, -0.2) is 0 Å². The number of pyridine rings is 1. The van der Waals surface area contributed by atoms with Crippen molar-refractivity contribution in [3.8, 4) is 11.1 Å². The SMILES string of the molecule is O=Cc1cc(Cl)ccc1-c1cccc2ncccc12. The number of aldehydes is 1. The van der Waals surface area contributed by atoms with E-state index in [1.165, 1.54) is 0 Å². The van der Waals surface area contributed by atoms with Crippen molar-refractivity contribution in [2.45, 2.75) is 0 Å². The summed E-state index contributed by atoms with van der Waals surface area (Å²) in [6.45, 7) is 0. The van der Waals surface area contributed by atoms with Crippen LogP contribution in [0, 0.1) is 0 Å². The average Bonchev–Trinajstić information content (AvgIpc) is 2.46. The first-order valence-electron chi connectivity index (χ1n) is 5.88. The molecule has 3 heteroatoms. The summed E-state index contributed by atoms with van der Waals surface area (Å²) < 4.78 is 0. The second-order valence-electron chi connectivity index (χ2n) is 4.23. The minimum Gasteiger partial charge on any atom is -0.298 e. The predicted octanol–water partition coefficient (Wildman–Crippen LogP) is 4.37.